The Morgan fingerprint density at radius 3 is 2.43 bits per heavy atom. The number of nitrogens with two attached hydrogens (primary N) is 1. The summed E-state index contributed by atoms with van der Waals surface area (Å²) in [6.07, 6.45) is 0.141. The van der Waals surface area contributed by atoms with Crippen LogP contribution in [0.15, 0.2) is 54.6 Å². The predicted octanol–water partition coefficient (Wildman–Crippen LogP) is 0.884. The number of carboxylic acid groups (broad SMARTS) is 1. The SMILES string of the molecule is NC(=S)Nc1cccc(C(=O)NCC(=O)NC(Cc2ccccc2)C(=O)O)c1. The molecular formula is C19H20N4O4S. The van der Waals surface area contributed by atoms with Gasteiger partial charge in [-0.2, -0.15) is 0 Å². The van der Waals surface area contributed by atoms with E-state index in [9.17, 15) is 19.5 Å². The molecule has 2 amide bonds. The van der Waals surface area contributed by atoms with Crippen molar-refractivity contribution in [2.24, 2.45) is 5.73 Å². The standard InChI is InChI=1S/C19H20N4O4S/c20-19(28)22-14-8-4-7-13(10-14)17(25)21-11-16(24)23-15(18(26)27)9-12-5-2-1-3-6-12/h1-8,10,15H,9,11H2,(H,21,25)(H,23,24)(H,26,27)(H3,20,22,28). The minimum absolute atomic E-state index is 0.0649. The molecule has 0 spiro atoms. The largest absolute Gasteiger partial charge is 0.480 e. The first-order valence-corrected chi connectivity index (χ1v) is 8.77. The Labute approximate surface area is 167 Å². The molecule has 6 N–H and O–H groups in total. The lowest BCUT2D eigenvalue weighted by Crippen LogP contribution is -2.46. The fraction of sp³-hybridized carbons (Fsp3) is 0.158. The molecule has 0 fully saturated rings. The summed E-state index contributed by atoms with van der Waals surface area (Å²) in [5.41, 5.74) is 7.01. The molecule has 2 aromatic rings. The van der Waals surface area contributed by atoms with Gasteiger partial charge in [-0.3, -0.25) is 9.59 Å². The van der Waals surface area contributed by atoms with E-state index in [-0.39, 0.29) is 18.1 Å². The molecule has 0 radical (unpaired) electrons. The van der Waals surface area contributed by atoms with Crippen LogP contribution in [0.4, 0.5) is 5.69 Å². The van der Waals surface area contributed by atoms with Crippen molar-refractivity contribution in [2.45, 2.75) is 12.5 Å². The summed E-state index contributed by atoms with van der Waals surface area (Å²) in [5.74, 6) is -2.24. The minimum Gasteiger partial charge on any atom is -0.480 e. The molecule has 9 heteroatoms. The molecule has 1 atom stereocenters. The molecular weight excluding hydrogens is 380 g/mol. The first kappa shape index (κ1) is 20.8. The second kappa shape index (κ2) is 10.0. The molecule has 0 aliphatic rings. The van der Waals surface area contributed by atoms with Gasteiger partial charge in [0.2, 0.25) is 5.91 Å². The third-order valence-corrected chi connectivity index (χ3v) is 3.82. The second-order valence-electron chi connectivity index (χ2n) is 5.90. The van der Waals surface area contributed by atoms with Crippen LogP contribution in [-0.2, 0) is 16.0 Å². The van der Waals surface area contributed by atoms with Crippen LogP contribution in [0.2, 0.25) is 0 Å². The van der Waals surface area contributed by atoms with Crippen molar-refractivity contribution >= 4 is 40.8 Å². The van der Waals surface area contributed by atoms with E-state index in [0.29, 0.717) is 11.3 Å². The number of carbonyl (C=O) groups excluding carboxylic acids is 2. The zero-order valence-corrected chi connectivity index (χ0v) is 15.7. The lowest BCUT2D eigenvalue weighted by Gasteiger charge is -2.15. The molecule has 2 aromatic carbocycles. The number of benzene rings is 2. The van der Waals surface area contributed by atoms with Crippen molar-refractivity contribution in [1.29, 1.82) is 0 Å². The maximum absolute atomic E-state index is 12.2. The van der Waals surface area contributed by atoms with Gasteiger partial charge in [0.25, 0.3) is 5.91 Å². The van der Waals surface area contributed by atoms with E-state index in [1.807, 2.05) is 6.07 Å². The summed E-state index contributed by atoms with van der Waals surface area (Å²) >= 11 is 4.75. The average molecular weight is 400 g/mol. The van der Waals surface area contributed by atoms with Crippen LogP contribution in [0.3, 0.4) is 0 Å². The molecule has 0 saturated heterocycles. The number of thiocarbonyl (C=S) groups is 1. The van der Waals surface area contributed by atoms with Crippen molar-refractivity contribution in [3.05, 3.63) is 65.7 Å². The van der Waals surface area contributed by atoms with E-state index in [0.717, 1.165) is 5.56 Å². The van der Waals surface area contributed by atoms with Crippen LogP contribution >= 0.6 is 12.2 Å². The first-order valence-electron chi connectivity index (χ1n) is 8.36. The van der Waals surface area contributed by atoms with Crippen molar-refractivity contribution in [3.8, 4) is 0 Å². The molecule has 0 aromatic heterocycles. The third kappa shape index (κ3) is 6.69. The van der Waals surface area contributed by atoms with Crippen LogP contribution in [0, 0.1) is 0 Å². The summed E-state index contributed by atoms with van der Waals surface area (Å²) in [6, 6.07) is 14.3. The van der Waals surface area contributed by atoms with Gasteiger partial charge in [-0.1, -0.05) is 36.4 Å². The lowest BCUT2D eigenvalue weighted by molar-refractivity contribution is -0.141. The number of carboxylic acids is 1. The van der Waals surface area contributed by atoms with E-state index in [1.165, 1.54) is 6.07 Å². The Balaban J connectivity index is 1.90. The van der Waals surface area contributed by atoms with Crippen LogP contribution in [-0.4, -0.2) is 40.6 Å². The Kier molecular flexibility index (Phi) is 7.46. The number of hydrogen-bond donors (Lipinski definition) is 5. The summed E-state index contributed by atoms with van der Waals surface area (Å²) < 4.78 is 0. The number of anilines is 1. The van der Waals surface area contributed by atoms with E-state index >= 15 is 0 Å². The second-order valence-corrected chi connectivity index (χ2v) is 6.34. The van der Waals surface area contributed by atoms with Gasteiger partial charge in [0, 0.05) is 17.7 Å². The maximum atomic E-state index is 12.2. The molecule has 28 heavy (non-hydrogen) atoms. The van der Waals surface area contributed by atoms with Gasteiger partial charge in [0.05, 0.1) is 6.54 Å². The summed E-state index contributed by atoms with van der Waals surface area (Å²) in [4.78, 5) is 35.7. The molecule has 2 rings (SSSR count). The van der Waals surface area contributed by atoms with Gasteiger partial charge in [0.1, 0.15) is 6.04 Å². The van der Waals surface area contributed by atoms with Crippen LogP contribution in [0.5, 0.6) is 0 Å². The highest BCUT2D eigenvalue weighted by Crippen LogP contribution is 2.10. The van der Waals surface area contributed by atoms with Gasteiger partial charge < -0.3 is 26.8 Å². The molecule has 146 valence electrons. The minimum atomic E-state index is -1.15. The number of carbonyl (C=O) groups is 3. The van der Waals surface area contributed by atoms with Crippen LogP contribution < -0.4 is 21.7 Å². The monoisotopic (exact) mass is 400 g/mol. The molecule has 8 nitrogen and oxygen atoms in total. The topological polar surface area (TPSA) is 134 Å². The molecule has 1 unspecified atom stereocenters. The highest BCUT2D eigenvalue weighted by Gasteiger charge is 2.20. The molecule has 0 heterocycles. The number of nitrogens with one attached hydrogen (secondary N) is 3. The molecule has 0 bridgehead atoms. The zero-order chi connectivity index (χ0) is 20.5. The molecule has 0 aliphatic heterocycles. The number of hydrogen-bond acceptors (Lipinski definition) is 4. The smallest absolute Gasteiger partial charge is 0.326 e. The lowest BCUT2D eigenvalue weighted by atomic mass is 10.1. The summed E-state index contributed by atoms with van der Waals surface area (Å²) in [7, 11) is 0. The van der Waals surface area contributed by atoms with Gasteiger partial charge in [-0.25, -0.2) is 4.79 Å². The maximum Gasteiger partial charge on any atom is 0.326 e. The Hall–Kier alpha value is -3.46. The average Bonchev–Trinajstić information content (AvgIpc) is 2.66. The highest BCUT2D eigenvalue weighted by molar-refractivity contribution is 7.80. The van der Waals surface area contributed by atoms with Crippen LogP contribution in [0.1, 0.15) is 15.9 Å². The predicted molar refractivity (Wildman–Crippen MR) is 109 cm³/mol. The number of amides is 2. The Morgan fingerprint density at radius 1 is 1.07 bits per heavy atom. The van der Waals surface area contributed by atoms with E-state index in [1.54, 1.807) is 42.5 Å². The van der Waals surface area contributed by atoms with Crippen molar-refractivity contribution in [2.75, 3.05) is 11.9 Å². The van der Waals surface area contributed by atoms with E-state index in [4.69, 9.17) is 18.0 Å². The van der Waals surface area contributed by atoms with Crippen LogP contribution in [0.25, 0.3) is 0 Å². The highest BCUT2D eigenvalue weighted by atomic mass is 32.1. The van der Waals surface area contributed by atoms with Crippen molar-refractivity contribution in [1.82, 2.24) is 10.6 Å². The summed E-state index contributed by atoms with van der Waals surface area (Å²) in [6.45, 7) is -0.357. The Morgan fingerprint density at radius 2 is 1.79 bits per heavy atom. The fourth-order valence-corrected chi connectivity index (χ4v) is 2.56. The first-order chi connectivity index (χ1) is 13.3. The van der Waals surface area contributed by atoms with Crippen molar-refractivity contribution < 1.29 is 19.5 Å². The number of aliphatic carboxylic acids is 1. The number of rotatable bonds is 8. The molecule has 0 aliphatic carbocycles. The van der Waals surface area contributed by atoms with E-state index < -0.39 is 23.8 Å². The van der Waals surface area contributed by atoms with Gasteiger partial charge >= 0.3 is 5.97 Å². The summed E-state index contributed by atoms with van der Waals surface area (Å²) in [5, 5.41) is 16.9. The molecule has 0 saturated carbocycles. The zero-order valence-electron chi connectivity index (χ0n) is 14.8. The van der Waals surface area contributed by atoms with Crippen molar-refractivity contribution in [3.63, 3.8) is 0 Å². The van der Waals surface area contributed by atoms with Gasteiger partial charge in [0.15, 0.2) is 5.11 Å². The Bertz CT molecular complexity index is 873. The van der Waals surface area contributed by atoms with Gasteiger partial charge in [-0.05, 0) is 36.0 Å². The quantitative estimate of drug-likeness (QED) is 0.415. The van der Waals surface area contributed by atoms with Gasteiger partial charge in [-0.15, -0.1) is 0 Å². The normalized spacial score (nSPS) is 11.1. The van der Waals surface area contributed by atoms with E-state index in [2.05, 4.69) is 16.0 Å². The third-order valence-electron chi connectivity index (χ3n) is 3.72. The fourth-order valence-electron chi connectivity index (χ4n) is 2.44.